The van der Waals surface area contributed by atoms with Crippen LogP contribution in [0.4, 0.5) is 0 Å². The van der Waals surface area contributed by atoms with Crippen LogP contribution in [-0.2, 0) is 9.47 Å². The molecule has 0 fully saturated rings. The van der Waals surface area contributed by atoms with Gasteiger partial charge >= 0.3 is 11.9 Å². The van der Waals surface area contributed by atoms with Gasteiger partial charge in [0.25, 0.3) is 0 Å². The lowest BCUT2D eigenvalue weighted by molar-refractivity contribution is 0.0547. The molecule has 0 amide bonds. The minimum Gasteiger partial charge on any atom is -0.494 e. The van der Waals surface area contributed by atoms with E-state index in [0.717, 1.165) is 24.3 Å². The molecule has 6 heteroatoms. The Balaban J connectivity index is 1.51. The van der Waals surface area contributed by atoms with E-state index >= 15 is 0 Å². The third-order valence-corrected chi connectivity index (χ3v) is 8.63. The first kappa shape index (κ1) is 43.8. The fourth-order valence-electron chi connectivity index (χ4n) is 5.53. The summed E-state index contributed by atoms with van der Waals surface area (Å²) in [6.07, 6.45) is 25.7. The Morgan fingerprint density at radius 1 is 0.423 bits per heavy atom. The number of ether oxygens (including phenoxy) is 4. The van der Waals surface area contributed by atoms with Crippen molar-refractivity contribution in [3.63, 3.8) is 0 Å². The number of unbranched alkanes of at least 4 members (excludes halogenated alkanes) is 18. The van der Waals surface area contributed by atoms with Crippen LogP contribution in [0.5, 0.6) is 11.5 Å². The Bertz CT molecular complexity index is 1300. The molecule has 0 aliphatic carbocycles. The van der Waals surface area contributed by atoms with Crippen LogP contribution in [0, 0.1) is 35.5 Å². The molecule has 0 radical (unpaired) electrons. The topological polar surface area (TPSA) is 71.1 Å². The molecule has 0 saturated heterocycles. The van der Waals surface area contributed by atoms with Crippen molar-refractivity contribution in [1.82, 2.24) is 0 Å². The maximum Gasteiger partial charge on any atom is 0.339 e. The van der Waals surface area contributed by atoms with Gasteiger partial charge in [0.2, 0.25) is 0 Å². The second kappa shape index (κ2) is 31.4. The van der Waals surface area contributed by atoms with E-state index in [-0.39, 0.29) is 13.2 Å². The summed E-state index contributed by atoms with van der Waals surface area (Å²) in [7, 11) is 0. The first-order valence-electron chi connectivity index (χ1n) is 19.9. The summed E-state index contributed by atoms with van der Waals surface area (Å²) >= 11 is 0. The first-order chi connectivity index (χ1) is 25.6. The number of esters is 2. The van der Waals surface area contributed by atoms with Gasteiger partial charge in [-0.25, -0.2) is 9.59 Å². The summed E-state index contributed by atoms with van der Waals surface area (Å²) < 4.78 is 22.0. The molecule has 2 aromatic carbocycles. The molecule has 0 aliphatic rings. The summed E-state index contributed by atoms with van der Waals surface area (Å²) in [6, 6.07) is 13.9. The van der Waals surface area contributed by atoms with E-state index in [1.807, 2.05) is 0 Å². The average Bonchev–Trinajstić information content (AvgIpc) is 3.17. The van der Waals surface area contributed by atoms with Crippen molar-refractivity contribution in [1.29, 1.82) is 0 Å². The van der Waals surface area contributed by atoms with E-state index in [1.165, 1.54) is 116 Å². The number of carbonyl (C=O) groups excluding carboxylic acids is 2. The predicted molar refractivity (Wildman–Crippen MR) is 211 cm³/mol. The van der Waals surface area contributed by atoms with Crippen molar-refractivity contribution in [2.75, 3.05) is 26.4 Å². The van der Waals surface area contributed by atoms with Gasteiger partial charge in [-0.2, -0.15) is 0 Å². The molecule has 0 bridgehead atoms. The van der Waals surface area contributed by atoms with Crippen molar-refractivity contribution < 1.29 is 28.5 Å². The molecule has 6 nitrogen and oxygen atoms in total. The van der Waals surface area contributed by atoms with Gasteiger partial charge in [-0.15, -0.1) is 0 Å². The second-order valence-corrected chi connectivity index (χ2v) is 13.1. The zero-order valence-corrected chi connectivity index (χ0v) is 32.0. The average molecular weight is 711 g/mol. The molecule has 52 heavy (non-hydrogen) atoms. The van der Waals surface area contributed by atoms with Gasteiger partial charge in [-0.1, -0.05) is 129 Å². The maximum atomic E-state index is 12.3. The van der Waals surface area contributed by atoms with Gasteiger partial charge < -0.3 is 18.9 Å². The van der Waals surface area contributed by atoms with E-state index in [4.69, 9.17) is 18.9 Å². The largest absolute Gasteiger partial charge is 0.494 e. The fourth-order valence-corrected chi connectivity index (χ4v) is 5.53. The summed E-state index contributed by atoms with van der Waals surface area (Å²) in [5.41, 5.74) is 0.867. The summed E-state index contributed by atoms with van der Waals surface area (Å²) in [6.45, 7) is 5.69. The van der Waals surface area contributed by atoms with Crippen LogP contribution in [-0.4, -0.2) is 38.4 Å². The molecular formula is C46H62O6. The third kappa shape index (κ3) is 23.2. The molecule has 2 aromatic rings. The van der Waals surface area contributed by atoms with Crippen LogP contribution in [0.2, 0.25) is 0 Å². The summed E-state index contributed by atoms with van der Waals surface area (Å²) in [5, 5.41) is 0. The maximum absolute atomic E-state index is 12.3. The smallest absolute Gasteiger partial charge is 0.339 e. The van der Waals surface area contributed by atoms with Gasteiger partial charge in [0.15, 0.2) is 13.2 Å². The SMILES string of the molecule is CCCCCCCCCCCCOc1ccc(C(=O)OCC#CC#CC#CCOC(=O)c2ccc(OCCCCCCCCCCCC)cc2)cc1. The van der Waals surface area contributed by atoms with Gasteiger partial charge in [-0.3, -0.25) is 0 Å². The number of benzene rings is 2. The van der Waals surface area contributed by atoms with Crippen LogP contribution in [0.15, 0.2) is 48.5 Å². The van der Waals surface area contributed by atoms with Crippen LogP contribution in [0.25, 0.3) is 0 Å². The molecule has 0 heterocycles. The van der Waals surface area contributed by atoms with E-state index in [9.17, 15) is 9.59 Å². The monoisotopic (exact) mass is 710 g/mol. The molecule has 0 saturated carbocycles. The standard InChI is InChI=1S/C46H62O6/c1-3-5-7-9-11-13-15-17-21-25-37-49-43-33-29-41(30-34-43)45(47)51-39-27-23-19-20-24-28-40-52-46(48)42-31-35-44(36-32-42)50-38-26-22-18-16-14-12-10-8-6-4-2/h29-36H,3-18,21-22,25-26,37-40H2,1-2H3. The summed E-state index contributed by atoms with van der Waals surface area (Å²) in [4.78, 5) is 24.6. The highest BCUT2D eigenvalue weighted by atomic mass is 16.5. The van der Waals surface area contributed by atoms with Crippen molar-refractivity contribution in [3.8, 4) is 47.0 Å². The Morgan fingerprint density at radius 3 is 1.06 bits per heavy atom. The highest BCUT2D eigenvalue weighted by Crippen LogP contribution is 2.16. The lowest BCUT2D eigenvalue weighted by atomic mass is 10.1. The molecule has 0 aromatic heterocycles. The molecular weight excluding hydrogens is 648 g/mol. The molecule has 2 rings (SSSR count). The fraction of sp³-hybridized carbons (Fsp3) is 0.565. The Labute approximate surface area is 315 Å². The number of carbonyl (C=O) groups is 2. The zero-order chi connectivity index (χ0) is 37.2. The lowest BCUT2D eigenvalue weighted by Gasteiger charge is -2.07. The molecule has 282 valence electrons. The zero-order valence-electron chi connectivity index (χ0n) is 32.0. The van der Waals surface area contributed by atoms with Gasteiger partial charge in [-0.05, 0) is 96.9 Å². The molecule has 0 atom stereocenters. The van der Waals surface area contributed by atoms with Crippen LogP contribution in [0.1, 0.15) is 163 Å². The van der Waals surface area contributed by atoms with E-state index in [2.05, 4.69) is 49.4 Å². The minimum atomic E-state index is -0.461. The Hall–Kier alpha value is -4.34. The van der Waals surface area contributed by atoms with E-state index in [0.29, 0.717) is 24.3 Å². The minimum absolute atomic E-state index is 0.0846. The van der Waals surface area contributed by atoms with Crippen molar-refractivity contribution in [2.45, 2.75) is 142 Å². The molecule has 0 unspecified atom stereocenters. The van der Waals surface area contributed by atoms with Crippen LogP contribution in [0.3, 0.4) is 0 Å². The highest BCUT2D eigenvalue weighted by molar-refractivity contribution is 5.90. The normalized spacial score (nSPS) is 10.1. The van der Waals surface area contributed by atoms with Crippen molar-refractivity contribution in [3.05, 3.63) is 59.7 Å². The van der Waals surface area contributed by atoms with Crippen LogP contribution >= 0.6 is 0 Å². The quantitative estimate of drug-likeness (QED) is 0.0497. The number of rotatable bonds is 28. The predicted octanol–water partition coefficient (Wildman–Crippen LogP) is 11.3. The Morgan fingerprint density at radius 2 is 0.731 bits per heavy atom. The van der Waals surface area contributed by atoms with Gasteiger partial charge in [0.1, 0.15) is 11.5 Å². The van der Waals surface area contributed by atoms with E-state index in [1.54, 1.807) is 48.5 Å². The molecule has 0 aliphatic heterocycles. The van der Waals surface area contributed by atoms with Crippen LogP contribution < -0.4 is 9.47 Å². The highest BCUT2D eigenvalue weighted by Gasteiger charge is 2.07. The van der Waals surface area contributed by atoms with Crippen molar-refractivity contribution in [2.24, 2.45) is 0 Å². The summed E-state index contributed by atoms with van der Waals surface area (Å²) in [5.74, 6) is 16.2. The number of hydrogen-bond acceptors (Lipinski definition) is 6. The molecule has 0 N–H and O–H groups in total. The third-order valence-electron chi connectivity index (χ3n) is 8.63. The Kier molecular flexibility index (Phi) is 26.5. The second-order valence-electron chi connectivity index (χ2n) is 13.1. The first-order valence-corrected chi connectivity index (χ1v) is 19.9. The van der Waals surface area contributed by atoms with Gasteiger partial charge in [0, 0.05) is 0 Å². The van der Waals surface area contributed by atoms with Gasteiger partial charge in [0.05, 0.1) is 24.3 Å². The number of hydrogen-bond donors (Lipinski definition) is 0. The lowest BCUT2D eigenvalue weighted by Crippen LogP contribution is -2.05. The van der Waals surface area contributed by atoms with Crippen molar-refractivity contribution >= 4 is 11.9 Å². The molecule has 0 spiro atoms. The van der Waals surface area contributed by atoms with E-state index < -0.39 is 11.9 Å².